The molecule has 1 heterocycles. The summed E-state index contributed by atoms with van der Waals surface area (Å²) < 4.78 is 47.0. The van der Waals surface area contributed by atoms with Gasteiger partial charge in [-0.1, -0.05) is 36.4 Å². The van der Waals surface area contributed by atoms with Crippen molar-refractivity contribution in [2.75, 3.05) is 10.0 Å². The molecular weight excluding hydrogens is 515 g/mol. The van der Waals surface area contributed by atoms with Crippen LogP contribution in [0.25, 0.3) is 6.08 Å². The van der Waals surface area contributed by atoms with E-state index in [1.807, 2.05) is 6.07 Å². The lowest BCUT2D eigenvalue weighted by Crippen LogP contribution is -2.15. The molecule has 2 N–H and O–H groups in total. The molecule has 0 saturated carbocycles. The molecule has 0 atom stereocenters. The smallest absolute Gasteiger partial charge is 0.266 e. The maximum absolute atomic E-state index is 13.9. The van der Waals surface area contributed by atoms with E-state index in [-0.39, 0.29) is 22.2 Å². The van der Waals surface area contributed by atoms with Gasteiger partial charge in [0.05, 0.1) is 4.90 Å². The van der Waals surface area contributed by atoms with E-state index < -0.39 is 21.7 Å². The molecule has 37 heavy (non-hydrogen) atoms. The minimum absolute atomic E-state index is 0.0160. The maximum atomic E-state index is 13.9. The molecule has 4 aromatic rings. The van der Waals surface area contributed by atoms with Gasteiger partial charge in [0.25, 0.3) is 15.9 Å². The van der Waals surface area contributed by atoms with E-state index in [1.165, 1.54) is 42.6 Å². The van der Waals surface area contributed by atoms with Gasteiger partial charge in [0, 0.05) is 28.4 Å². The van der Waals surface area contributed by atoms with E-state index in [9.17, 15) is 22.9 Å². The number of carbonyl (C=O) groups is 1. The largest absolute Gasteiger partial charge is 0.488 e. The van der Waals surface area contributed by atoms with Crippen molar-refractivity contribution in [3.63, 3.8) is 0 Å². The number of nitrogens with one attached hydrogen (secondary N) is 2. The van der Waals surface area contributed by atoms with Crippen molar-refractivity contribution < 1.29 is 22.3 Å². The number of nitrogens with zero attached hydrogens (tertiary/aromatic N) is 2. The molecule has 1 amide bonds. The number of nitriles is 1. The molecule has 4 rings (SSSR count). The second-order valence-corrected chi connectivity index (χ2v) is 10.1. The summed E-state index contributed by atoms with van der Waals surface area (Å²) in [5.41, 5.74) is 0.916. The van der Waals surface area contributed by atoms with Gasteiger partial charge in [0.15, 0.2) is 5.13 Å². The first-order chi connectivity index (χ1) is 17.9. The quantitative estimate of drug-likeness (QED) is 0.225. The fraction of sp³-hybridized carbons (Fsp3) is 0.0385. The fourth-order valence-electron chi connectivity index (χ4n) is 3.17. The summed E-state index contributed by atoms with van der Waals surface area (Å²) >= 11 is 1.14. The topological polar surface area (TPSA) is 121 Å². The van der Waals surface area contributed by atoms with Gasteiger partial charge in [-0.05, 0) is 42.5 Å². The third-order valence-corrected chi connectivity index (χ3v) is 7.17. The minimum Gasteiger partial charge on any atom is -0.488 e. The highest BCUT2D eigenvalue weighted by atomic mass is 32.2. The lowest BCUT2D eigenvalue weighted by molar-refractivity contribution is -0.112. The molecule has 0 aliphatic carbocycles. The van der Waals surface area contributed by atoms with Gasteiger partial charge < -0.3 is 10.1 Å². The molecule has 0 aliphatic rings. The van der Waals surface area contributed by atoms with Crippen LogP contribution in [0.3, 0.4) is 0 Å². The number of amides is 1. The first kappa shape index (κ1) is 25.6. The third-order valence-electron chi connectivity index (χ3n) is 5.00. The highest BCUT2D eigenvalue weighted by Crippen LogP contribution is 2.24. The van der Waals surface area contributed by atoms with Crippen LogP contribution in [0.5, 0.6) is 5.75 Å². The maximum Gasteiger partial charge on any atom is 0.266 e. The van der Waals surface area contributed by atoms with Crippen molar-refractivity contribution >= 4 is 44.2 Å². The second-order valence-electron chi connectivity index (χ2n) is 7.51. The van der Waals surface area contributed by atoms with Gasteiger partial charge >= 0.3 is 0 Å². The standard InChI is InChI=1S/C26H19FN4O4S2/c27-23-7-3-1-6-19(23)17-35-24-8-4-2-5-18(24)15-20(16-28)25(32)30-21-9-11-22(12-10-21)37(33,34)31-26-29-13-14-36-26/h1-15H,17H2,(H,29,31)(H,30,32)/b20-15+. The van der Waals surface area contributed by atoms with Crippen LogP contribution in [0.4, 0.5) is 15.2 Å². The Morgan fingerprint density at radius 2 is 1.81 bits per heavy atom. The van der Waals surface area contributed by atoms with E-state index in [0.717, 1.165) is 11.3 Å². The predicted molar refractivity (Wildman–Crippen MR) is 139 cm³/mol. The molecule has 0 saturated heterocycles. The van der Waals surface area contributed by atoms with Gasteiger partial charge in [0.1, 0.15) is 29.8 Å². The first-order valence-electron chi connectivity index (χ1n) is 10.8. The molecule has 3 aromatic carbocycles. The van der Waals surface area contributed by atoms with E-state index in [2.05, 4.69) is 15.0 Å². The zero-order valence-corrected chi connectivity index (χ0v) is 20.7. The van der Waals surface area contributed by atoms with Crippen LogP contribution >= 0.6 is 11.3 Å². The fourth-order valence-corrected chi connectivity index (χ4v) is 4.96. The molecule has 0 aliphatic heterocycles. The van der Waals surface area contributed by atoms with E-state index in [0.29, 0.717) is 22.6 Å². The van der Waals surface area contributed by atoms with E-state index in [1.54, 1.807) is 47.8 Å². The summed E-state index contributed by atoms with van der Waals surface area (Å²) in [7, 11) is -3.84. The van der Waals surface area contributed by atoms with Crippen molar-refractivity contribution in [1.29, 1.82) is 5.26 Å². The van der Waals surface area contributed by atoms with Crippen molar-refractivity contribution in [2.45, 2.75) is 11.5 Å². The number of hydrogen-bond donors (Lipinski definition) is 2. The summed E-state index contributed by atoms with van der Waals surface area (Å²) in [6.07, 6.45) is 2.85. The van der Waals surface area contributed by atoms with Crippen LogP contribution in [0, 0.1) is 17.1 Å². The number of anilines is 2. The molecule has 0 spiro atoms. The normalized spacial score (nSPS) is 11.4. The van der Waals surface area contributed by atoms with Crippen molar-refractivity contribution in [3.05, 3.63) is 107 Å². The van der Waals surface area contributed by atoms with Crippen molar-refractivity contribution in [3.8, 4) is 11.8 Å². The van der Waals surface area contributed by atoms with Crippen LogP contribution in [0.2, 0.25) is 0 Å². The van der Waals surface area contributed by atoms with Crippen LogP contribution in [-0.2, 0) is 21.4 Å². The molecule has 11 heteroatoms. The molecule has 186 valence electrons. The van der Waals surface area contributed by atoms with Crippen molar-refractivity contribution in [1.82, 2.24) is 4.98 Å². The van der Waals surface area contributed by atoms with Gasteiger partial charge in [-0.3, -0.25) is 9.52 Å². The van der Waals surface area contributed by atoms with Gasteiger partial charge in [-0.2, -0.15) is 5.26 Å². The molecule has 0 fully saturated rings. The Morgan fingerprint density at radius 3 is 2.51 bits per heavy atom. The summed E-state index contributed by atoms with van der Waals surface area (Å²) in [5, 5.41) is 14.0. The SMILES string of the molecule is N#C/C(=C\c1ccccc1OCc1ccccc1F)C(=O)Nc1ccc(S(=O)(=O)Nc2nccs2)cc1. The van der Waals surface area contributed by atoms with Gasteiger partial charge in [0.2, 0.25) is 0 Å². The van der Waals surface area contributed by atoms with Crippen LogP contribution in [-0.4, -0.2) is 19.3 Å². The number of thiazole rings is 1. The Morgan fingerprint density at radius 1 is 1.08 bits per heavy atom. The highest BCUT2D eigenvalue weighted by Gasteiger charge is 2.16. The van der Waals surface area contributed by atoms with Gasteiger partial charge in [-0.15, -0.1) is 11.3 Å². The van der Waals surface area contributed by atoms with E-state index >= 15 is 0 Å². The number of carbonyl (C=O) groups excluding carboxylic acids is 1. The van der Waals surface area contributed by atoms with Gasteiger partial charge in [-0.25, -0.2) is 17.8 Å². The number of aromatic nitrogens is 1. The third kappa shape index (κ3) is 6.58. The van der Waals surface area contributed by atoms with Crippen molar-refractivity contribution in [2.24, 2.45) is 0 Å². The number of ether oxygens (including phenoxy) is 1. The lowest BCUT2D eigenvalue weighted by Gasteiger charge is -2.11. The average molecular weight is 535 g/mol. The number of para-hydroxylation sites is 1. The second kappa shape index (κ2) is 11.5. The summed E-state index contributed by atoms with van der Waals surface area (Å²) in [6, 6.07) is 20.3. The number of hydrogen-bond acceptors (Lipinski definition) is 7. The van der Waals surface area contributed by atoms with E-state index in [4.69, 9.17) is 4.74 Å². The van der Waals surface area contributed by atoms with Crippen LogP contribution in [0.1, 0.15) is 11.1 Å². The molecule has 0 bridgehead atoms. The number of rotatable bonds is 9. The monoisotopic (exact) mass is 534 g/mol. The Balaban J connectivity index is 1.46. The molecule has 0 radical (unpaired) electrons. The zero-order chi connectivity index (χ0) is 26.3. The molecular formula is C26H19FN4O4S2. The summed E-state index contributed by atoms with van der Waals surface area (Å²) in [4.78, 5) is 16.6. The minimum atomic E-state index is -3.84. The number of benzene rings is 3. The molecule has 8 nitrogen and oxygen atoms in total. The Kier molecular flexibility index (Phi) is 7.92. The number of sulfonamides is 1. The van der Waals surface area contributed by atoms with Crippen LogP contribution < -0.4 is 14.8 Å². The Labute approximate surface area is 216 Å². The number of halogens is 1. The highest BCUT2D eigenvalue weighted by molar-refractivity contribution is 7.93. The molecule has 0 unspecified atom stereocenters. The first-order valence-corrected chi connectivity index (χ1v) is 13.1. The Hall–Kier alpha value is -4.53. The predicted octanol–water partition coefficient (Wildman–Crippen LogP) is 5.21. The lowest BCUT2D eigenvalue weighted by atomic mass is 10.1. The molecule has 1 aromatic heterocycles. The summed E-state index contributed by atoms with van der Waals surface area (Å²) in [5.74, 6) is -0.720. The zero-order valence-electron chi connectivity index (χ0n) is 19.1. The summed E-state index contributed by atoms with van der Waals surface area (Å²) in [6.45, 7) is -0.0295. The average Bonchev–Trinajstić information content (AvgIpc) is 3.40. The van der Waals surface area contributed by atoms with Crippen LogP contribution in [0.15, 0.2) is 94.8 Å². The Bertz CT molecular complexity index is 1580.